The third-order valence-electron chi connectivity index (χ3n) is 3.42. The number of ether oxygens (including phenoxy) is 2. The Morgan fingerprint density at radius 1 is 1.47 bits per heavy atom. The second-order valence-corrected chi connectivity index (χ2v) is 5.29. The van der Waals surface area contributed by atoms with E-state index in [1.165, 1.54) is 0 Å². The van der Waals surface area contributed by atoms with Crippen molar-refractivity contribution in [2.45, 2.75) is 32.0 Å². The normalized spacial score (nSPS) is 21.4. The summed E-state index contributed by atoms with van der Waals surface area (Å²) >= 11 is 0. The van der Waals surface area contributed by atoms with Gasteiger partial charge in [0.25, 0.3) is 0 Å². The molecule has 1 N–H and O–H groups in total. The summed E-state index contributed by atoms with van der Waals surface area (Å²) in [4.78, 5) is 2.26. The van der Waals surface area contributed by atoms with E-state index < -0.39 is 0 Å². The second kappa shape index (κ2) is 6.26. The minimum Gasteiger partial charge on any atom is -0.493 e. The molecule has 106 valence electrons. The predicted molar refractivity (Wildman–Crippen MR) is 74.9 cm³/mol. The molecule has 0 bridgehead atoms. The van der Waals surface area contributed by atoms with E-state index in [0.717, 1.165) is 36.6 Å². The van der Waals surface area contributed by atoms with Gasteiger partial charge < -0.3 is 19.5 Å². The van der Waals surface area contributed by atoms with Crippen molar-refractivity contribution in [1.29, 1.82) is 0 Å². The summed E-state index contributed by atoms with van der Waals surface area (Å²) in [6.07, 6.45) is 1.45. The van der Waals surface area contributed by atoms with Gasteiger partial charge in [-0.1, -0.05) is 12.1 Å². The van der Waals surface area contributed by atoms with Gasteiger partial charge in [-0.15, -0.1) is 0 Å². The molecule has 1 aliphatic rings. The molecule has 0 amide bonds. The van der Waals surface area contributed by atoms with Crippen molar-refractivity contribution in [3.05, 3.63) is 23.8 Å². The van der Waals surface area contributed by atoms with Crippen LogP contribution in [0.25, 0.3) is 0 Å². The summed E-state index contributed by atoms with van der Waals surface area (Å²) in [6, 6.07) is 5.86. The summed E-state index contributed by atoms with van der Waals surface area (Å²) in [5, 5.41) is 9.53. The van der Waals surface area contributed by atoms with Gasteiger partial charge in [-0.25, -0.2) is 0 Å². The van der Waals surface area contributed by atoms with E-state index in [-0.39, 0.29) is 12.2 Å². The average molecular weight is 265 g/mol. The van der Waals surface area contributed by atoms with E-state index in [1.54, 1.807) is 14.0 Å². The Morgan fingerprint density at radius 2 is 2.26 bits per heavy atom. The number of likely N-dealkylation sites (N-methyl/N-ethyl adjacent to an activating group) is 1. The molecule has 0 aliphatic carbocycles. The molecule has 1 aromatic carbocycles. The smallest absolute Gasteiger partial charge is 0.164 e. The van der Waals surface area contributed by atoms with E-state index >= 15 is 0 Å². The van der Waals surface area contributed by atoms with Crippen LogP contribution >= 0.6 is 0 Å². The fourth-order valence-corrected chi connectivity index (χ4v) is 2.54. The number of hydrogen-bond donors (Lipinski definition) is 1. The predicted octanol–water partition coefficient (Wildman–Crippen LogP) is 1.70. The highest BCUT2D eigenvalue weighted by Crippen LogP contribution is 2.33. The molecule has 1 heterocycles. The quantitative estimate of drug-likeness (QED) is 0.880. The highest BCUT2D eigenvalue weighted by Gasteiger charge is 2.23. The van der Waals surface area contributed by atoms with Crippen molar-refractivity contribution in [2.75, 3.05) is 27.2 Å². The SMILES string of the molecule is COc1c(CC(C)O)cccc1OC1CCN(C)C1. The zero-order valence-electron chi connectivity index (χ0n) is 11.9. The molecule has 2 rings (SSSR count). The fraction of sp³-hybridized carbons (Fsp3) is 0.600. The number of methoxy groups -OCH3 is 1. The first-order valence-electron chi connectivity index (χ1n) is 6.79. The Labute approximate surface area is 114 Å². The van der Waals surface area contributed by atoms with Crippen molar-refractivity contribution in [2.24, 2.45) is 0 Å². The largest absolute Gasteiger partial charge is 0.493 e. The molecule has 4 heteroatoms. The second-order valence-electron chi connectivity index (χ2n) is 5.29. The molecule has 19 heavy (non-hydrogen) atoms. The Balaban J connectivity index is 2.15. The number of aliphatic hydroxyl groups is 1. The fourth-order valence-electron chi connectivity index (χ4n) is 2.54. The minimum atomic E-state index is -0.387. The van der Waals surface area contributed by atoms with Crippen molar-refractivity contribution < 1.29 is 14.6 Å². The third-order valence-corrected chi connectivity index (χ3v) is 3.42. The molecule has 1 aromatic rings. The first-order valence-corrected chi connectivity index (χ1v) is 6.79. The van der Waals surface area contributed by atoms with Gasteiger partial charge in [0.05, 0.1) is 13.2 Å². The monoisotopic (exact) mass is 265 g/mol. The summed E-state index contributed by atoms with van der Waals surface area (Å²) in [5.74, 6) is 1.53. The number of hydrogen-bond acceptors (Lipinski definition) is 4. The lowest BCUT2D eigenvalue weighted by atomic mass is 10.1. The van der Waals surface area contributed by atoms with Gasteiger partial charge in [0, 0.05) is 25.1 Å². The van der Waals surface area contributed by atoms with Crippen molar-refractivity contribution in [3.8, 4) is 11.5 Å². The van der Waals surface area contributed by atoms with Gasteiger partial charge in [0.1, 0.15) is 6.10 Å². The summed E-state index contributed by atoms with van der Waals surface area (Å²) < 4.78 is 11.5. The lowest BCUT2D eigenvalue weighted by Gasteiger charge is -2.18. The van der Waals surface area contributed by atoms with Crippen LogP contribution in [0.1, 0.15) is 18.9 Å². The first-order chi connectivity index (χ1) is 9.10. The number of para-hydroxylation sites is 1. The maximum atomic E-state index is 9.53. The van der Waals surface area contributed by atoms with Crippen molar-refractivity contribution >= 4 is 0 Å². The summed E-state index contributed by atoms with van der Waals surface area (Å²) in [6.45, 7) is 3.79. The van der Waals surface area contributed by atoms with Crippen LogP contribution in [-0.2, 0) is 6.42 Å². The number of benzene rings is 1. The Bertz CT molecular complexity index is 420. The highest BCUT2D eigenvalue weighted by atomic mass is 16.5. The van der Waals surface area contributed by atoms with Gasteiger partial charge in [0.2, 0.25) is 0 Å². The standard InChI is InChI=1S/C15H23NO3/c1-11(17)9-12-5-4-6-14(15(12)18-3)19-13-7-8-16(2)10-13/h4-6,11,13,17H,7-10H2,1-3H3. The first kappa shape index (κ1) is 14.2. The molecule has 0 saturated carbocycles. The molecule has 0 aromatic heterocycles. The van der Waals surface area contributed by atoms with E-state index in [1.807, 2.05) is 18.2 Å². The zero-order valence-corrected chi connectivity index (χ0v) is 11.9. The summed E-state index contributed by atoms with van der Waals surface area (Å²) in [5.41, 5.74) is 0.987. The van der Waals surface area contributed by atoms with Gasteiger partial charge in [-0.05, 0) is 26.5 Å². The number of aliphatic hydroxyl groups excluding tert-OH is 1. The molecular weight excluding hydrogens is 242 g/mol. The van der Waals surface area contributed by atoms with Crippen LogP contribution in [0.5, 0.6) is 11.5 Å². The average Bonchev–Trinajstić information content (AvgIpc) is 2.74. The molecule has 2 unspecified atom stereocenters. The Morgan fingerprint density at radius 3 is 2.84 bits per heavy atom. The zero-order chi connectivity index (χ0) is 13.8. The van der Waals surface area contributed by atoms with Crippen molar-refractivity contribution in [1.82, 2.24) is 4.90 Å². The van der Waals surface area contributed by atoms with Crippen molar-refractivity contribution in [3.63, 3.8) is 0 Å². The lowest BCUT2D eigenvalue weighted by molar-refractivity contribution is 0.189. The van der Waals surface area contributed by atoms with Crippen LogP contribution in [0, 0.1) is 0 Å². The van der Waals surface area contributed by atoms with Crippen LogP contribution in [0.15, 0.2) is 18.2 Å². The molecule has 1 fully saturated rings. The molecule has 0 radical (unpaired) electrons. The number of nitrogens with zero attached hydrogens (tertiary/aromatic N) is 1. The maximum absolute atomic E-state index is 9.53. The third kappa shape index (κ3) is 3.61. The van der Waals surface area contributed by atoms with E-state index in [0.29, 0.717) is 6.42 Å². The Hall–Kier alpha value is -1.26. The molecule has 1 saturated heterocycles. The van der Waals surface area contributed by atoms with Gasteiger partial charge in [0.15, 0.2) is 11.5 Å². The summed E-state index contributed by atoms with van der Waals surface area (Å²) in [7, 11) is 3.75. The van der Waals surface area contributed by atoms with E-state index in [9.17, 15) is 5.11 Å². The van der Waals surface area contributed by atoms with E-state index in [4.69, 9.17) is 9.47 Å². The topological polar surface area (TPSA) is 41.9 Å². The highest BCUT2D eigenvalue weighted by molar-refractivity contribution is 5.47. The Kier molecular flexibility index (Phi) is 4.66. The molecule has 0 spiro atoms. The minimum absolute atomic E-state index is 0.223. The van der Waals surface area contributed by atoms with Gasteiger partial charge >= 0.3 is 0 Å². The van der Waals surface area contributed by atoms with Crippen LogP contribution in [-0.4, -0.2) is 49.5 Å². The van der Waals surface area contributed by atoms with Gasteiger partial charge in [-0.3, -0.25) is 0 Å². The molecule has 2 atom stereocenters. The van der Waals surface area contributed by atoms with Gasteiger partial charge in [-0.2, -0.15) is 0 Å². The van der Waals surface area contributed by atoms with Crippen LogP contribution < -0.4 is 9.47 Å². The van der Waals surface area contributed by atoms with Crippen LogP contribution in [0.3, 0.4) is 0 Å². The van der Waals surface area contributed by atoms with E-state index in [2.05, 4.69) is 11.9 Å². The van der Waals surface area contributed by atoms with Crippen LogP contribution in [0.4, 0.5) is 0 Å². The lowest BCUT2D eigenvalue weighted by Crippen LogP contribution is -2.21. The molecule has 4 nitrogen and oxygen atoms in total. The molecule has 1 aliphatic heterocycles. The number of rotatable bonds is 5. The van der Waals surface area contributed by atoms with Crippen LogP contribution in [0.2, 0.25) is 0 Å². The maximum Gasteiger partial charge on any atom is 0.164 e. The number of likely N-dealkylation sites (tertiary alicyclic amines) is 1. The molecular formula is C15H23NO3.